The maximum Gasteiger partial charge on any atom is 0.114 e. The van der Waals surface area contributed by atoms with Crippen molar-refractivity contribution < 1.29 is 9.52 Å². The lowest BCUT2D eigenvalue weighted by atomic mass is 10.1. The van der Waals surface area contributed by atoms with Gasteiger partial charge >= 0.3 is 0 Å². The van der Waals surface area contributed by atoms with Crippen molar-refractivity contribution in [2.75, 3.05) is 0 Å². The zero-order chi connectivity index (χ0) is 12.3. The summed E-state index contributed by atoms with van der Waals surface area (Å²) in [5.41, 5.74) is 0.987. The zero-order valence-electron chi connectivity index (χ0n) is 10.0. The summed E-state index contributed by atoms with van der Waals surface area (Å²) >= 11 is 1.64. The highest BCUT2D eigenvalue weighted by Gasteiger charge is 2.12. The van der Waals surface area contributed by atoms with Gasteiger partial charge < -0.3 is 9.52 Å². The Kier molecular flexibility index (Phi) is 3.92. The quantitative estimate of drug-likeness (QED) is 0.881. The molecule has 1 N–H and O–H groups in total. The van der Waals surface area contributed by atoms with Crippen LogP contribution in [-0.2, 0) is 0 Å². The summed E-state index contributed by atoms with van der Waals surface area (Å²) in [6.07, 6.45) is 2.02. The molecule has 2 nitrogen and oxygen atoms in total. The van der Waals surface area contributed by atoms with Crippen LogP contribution in [0.2, 0.25) is 0 Å². The lowest BCUT2D eigenvalue weighted by Crippen LogP contribution is -1.96. The van der Waals surface area contributed by atoms with Crippen molar-refractivity contribution in [2.24, 2.45) is 0 Å². The summed E-state index contributed by atoms with van der Waals surface area (Å²) < 4.78 is 5.28. The molecule has 0 amide bonds. The monoisotopic (exact) mass is 248 g/mol. The molecule has 3 heteroatoms. The van der Waals surface area contributed by atoms with Gasteiger partial charge in [0.1, 0.15) is 5.76 Å². The summed E-state index contributed by atoms with van der Waals surface area (Å²) in [4.78, 5) is 2.19. The lowest BCUT2D eigenvalue weighted by Gasteiger charge is -2.13. The van der Waals surface area contributed by atoms with Gasteiger partial charge in [0.15, 0.2) is 0 Å². The number of aliphatic hydroxyl groups excluding tert-OH is 1. The van der Waals surface area contributed by atoms with Crippen molar-refractivity contribution in [3.05, 3.63) is 47.9 Å². The summed E-state index contributed by atoms with van der Waals surface area (Å²) in [5, 5.41) is 9.97. The normalized spacial score (nSPS) is 12.6. The maximum atomic E-state index is 9.97. The van der Waals surface area contributed by atoms with Gasteiger partial charge in [-0.3, -0.25) is 0 Å². The van der Waals surface area contributed by atoms with E-state index >= 15 is 0 Å². The molecular weight excluding hydrogens is 232 g/mol. The van der Waals surface area contributed by atoms with E-state index in [4.69, 9.17) is 4.42 Å². The second kappa shape index (κ2) is 5.43. The molecular formula is C14H16O2S. The van der Waals surface area contributed by atoms with Crippen molar-refractivity contribution in [3.63, 3.8) is 0 Å². The third kappa shape index (κ3) is 2.73. The molecule has 0 aliphatic rings. The van der Waals surface area contributed by atoms with Gasteiger partial charge in [-0.25, -0.2) is 0 Å². The predicted octanol–water partition coefficient (Wildman–Crippen LogP) is 4.18. The summed E-state index contributed by atoms with van der Waals surface area (Å²) in [7, 11) is 0. The number of rotatable bonds is 4. The molecule has 0 aliphatic heterocycles. The Morgan fingerprint density at radius 1 is 1.24 bits per heavy atom. The molecule has 1 aromatic heterocycles. The molecule has 0 aliphatic carbocycles. The van der Waals surface area contributed by atoms with Crippen LogP contribution >= 0.6 is 11.8 Å². The molecule has 0 fully saturated rings. The Morgan fingerprint density at radius 3 is 2.65 bits per heavy atom. The van der Waals surface area contributed by atoms with E-state index in [9.17, 15) is 5.11 Å². The molecule has 0 saturated carbocycles. The van der Waals surface area contributed by atoms with Crippen molar-refractivity contribution in [1.29, 1.82) is 0 Å². The Bertz CT molecular complexity index is 490. The van der Waals surface area contributed by atoms with E-state index < -0.39 is 6.10 Å². The van der Waals surface area contributed by atoms with E-state index in [0.717, 1.165) is 27.5 Å². The Hall–Kier alpha value is -1.19. The topological polar surface area (TPSA) is 33.4 Å². The van der Waals surface area contributed by atoms with Gasteiger partial charge in [0.25, 0.3) is 0 Å². The van der Waals surface area contributed by atoms with Gasteiger partial charge in [0.2, 0.25) is 0 Å². The standard InChI is InChI=1S/C14H16O2S/c1-3-12(15)11-6-4-5-7-14(11)17-13-8-9-16-10(13)2/h4-9,12,15H,3H2,1-2H3/t12-/m0/s1. The van der Waals surface area contributed by atoms with E-state index in [-0.39, 0.29) is 0 Å². The molecule has 2 rings (SSSR count). The summed E-state index contributed by atoms with van der Waals surface area (Å²) in [6, 6.07) is 9.91. The van der Waals surface area contributed by atoms with E-state index in [0.29, 0.717) is 0 Å². The second-order valence-corrected chi connectivity index (χ2v) is 4.99. The highest BCUT2D eigenvalue weighted by molar-refractivity contribution is 7.99. The molecule has 2 aromatic rings. The average Bonchev–Trinajstić information content (AvgIpc) is 2.75. The highest BCUT2D eigenvalue weighted by Crippen LogP contribution is 2.35. The SMILES string of the molecule is CC[C@H](O)c1ccccc1Sc1ccoc1C. The fraction of sp³-hybridized carbons (Fsp3) is 0.286. The van der Waals surface area contributed by atoms with Gasteiger partial charge in [-0.05, 0) is 31.0 Å². The maximum absolute atomic E-state index is 9.97. The van der Waals surface area contributed by atoms with Crippen LogP contribution in [-0.4, -0.2) is 5.11 Å². The van der Waals surface area contributed by atoms with Crippen molar-refractivity contribution in [2.45, 2.75) is 36.2 Å². The molecule has 0 bridgehead atoms. The lowest BCUT2D eigenvalue weighted by molar-refractivity contribution is 0.171. The van der Waals surface area contributed by atoms with E-state index in [1.165, 1.54) is 0 Å². The fourth-order valence-electron chi connectivity index (χ4n) is 1.67. The van der Waals surface area contributed by atoms with Gasteiger partial charge in [-0.1, -0.05) is 36.9 Å². The molecule has 17 heavy (non-hydrogen) atoms. The second-order valence-electron chi connectivity index (χ2n) is 3.90. The Balaban J connectivity index is 2.30. The third-order valence-corrected chi connectivity index (χ3v) is 3.93. The van der Waals surface area contributed by atoms with Gasteiger partial charge in [-0.2, -0.15) is 0 Å². The zero-order valence-corrected chi connectivity index (χ0v) is 10.8. The first-order chi connectivity index (χ1) is 8.22. The number of hydrogen-bond acceptors (Lipinski definition) is 3. The van der Waals surface area contributed by atoms with Crippen LogP contribution in [0.5, 0.6) is 0 Å². The minimum absolute atomic E-state index is 0.397. The van der Waals surface area contributed by atoms with Crippen LogP contribution < -0.4 is 0 Å². The molecule has 0 spiro atoms. The van der Waals surface area contributed by atoms with Crippen LogP contribution in [0.3, 0.4) is 0 Å². The Labute approximate surface area is 106 Å². The van der Waals surface area contributed by atoms with Crippen LogP contribution in [0, 0.1) is 6.92 Å². The van der Waals surface area contributed by atoms with Gasteiger partial charge in [0, 0.05) is 4.90 Å². The minimum Gasteiger partial charge on any atom is -0.468 e. The molecule has 1 aromatic carbocycles. The predicted molar refractivity (Wildman–Crippen MR) is 69.3 cm³/mol. The van der Waals surface area contributed by atoms with Crippen LogP contribution in [0.1, 0.15) is 30.8 Å². The van der Waals surface area contributed by atoms with Crippen LogP contribution in [0.4, 0.5) is 0 Å². The largest absolute Gasteiger partial charge is 0.468 e. The Morgan fingerprint density at radius 2 is 2.00 bits per heavy atom. The van der Waals surface area contributed by atoms with Crippen molar-refractivity contribution in [1.82, 2.24) is 0 Å². The average molecular weight is 248 g/mol. The number of aliphatic hydroxyl groups is 1. The van der Waals surface area contributed by atoms with E-state index in [2.05, 4.69) is 0 Å². The van der Waals surface area contributed by atoms with Crippen LogP contribution in [0.25, 0.3) is 0 Å². The number of hydrogen-bond donors (Lipinski definition) is 1. The van der Waals surface area contributed by atoms with Gasteiger partial charge in [0.05, 0.1) is 17.3 Å². The smallest absolute Gasteiger partial charge is 0.114 e. The van der Waals surface area contributed by atoms with E-state index in [1.807, 2.05) is 44.2 Å². The highest BCUT2D eigenvalue weighted by atomic mass is 32.2. The van der Waals surface area contributed by atoms with E-state index in [1.54, 1.807) is 18.0 Å². The summed E-state index contributed by atoms with van der Waals surface area (Å²) in [6.45, 7) is 3.93. The number of aryl methyl sites for hydroxylation is 1. The van der Waals surface area contributed by atoms with Crippen molar-refractivity contribution in [3.8, 4) is 0 Å². The third-order valence-electron chi connectivity index (χ3n) is 2.70. The number of furan rings is 1. The molecule has 90 valence electrons. The molecule has 0 saturated heterocycles. The first kappa shape index (κ1) is 12.3. The molecule has 0 unspecified atom stereocenters. The molecule has 1 atom stereocenters. The first-order valence-corrected chi connectivity index (χ1v) is 6.53. The minimum atomic E-state index is -0.397. The fourth-order valence-corrected chi connectivity index (χ4v) is 2.69. The molecule has 1 heterocycles. The number of benzene rings is 1. The van der Waals surface area contributed by atoms with Crippen LogP contribution in [0.15, 0.2) is 50.8 Å². The van der Waals surface area contributed by atoms with Gasteiger partial charge in [-0.15, -0.1) is 0 Å². The summed E-state index contributed by atoms with van der Waals surface area (Å²) in [5.74, 6) is 0.913. The first-order valence-electron chi connectivity index (χ1n) is 5.71. The molecule has 0 radical (unpaired) electrons. The van der Waals surface area contributed by atoms with Crippen molar-refractivity contribution >= 4 is 11.8 Å².